The Bertz CT molecular complexity index is 2680. The molecule has 7 aromatic carbocycles. The van der Waals surface area contributed by atoms with Gasteiger partial charge in [-0.25, -0.2) is 0 Å². The third kappa shape index (κ3) is 4.05. The summed E-state index contributed by atoms with van der Waals surface area (Å²) in [7, 11) is 0. The average molecular weight is 686 g/mol. The fourth-order valence-electron chi connectivity index (χ4n) is 11.8. The summed E-state index contributed by atoms with van der Waals surface area (Å²) < 4.78 is 2.69. The highest BCUT2D eigenvalue weighted by Gasteiger charge is 2.61. The summed E-state index contributed by atoms with van der Waals surface area (Å²) in [4.78, 5) is 2.51. The summed E-state index contributed by atoms with van der Waals surface area (Å²) in [6, 6.07) is 57.6. The molecule has 250 valence electrons. The molecular formula is C50H39NS. The minimum Gasteiger partial charge on any atom is -0.310 e. The fourth-order valence-corrected chi connectivity index (χ4v) is 12.9. The third-order valence-electron chi connectivity index (χ3n) is 13.6. The Hall–Kier alpha value is -5.18. The highest BCUT2D eigenvalue weighted by molar-refractivity contribution is 7.25. The van der Waals surface area contributed by atoms with Crippen LogP contribution in [0.3, 0.4) is 0 Å². The summed E-state index contributed by atoms with van der Waals surface area (Å²) in [5.41, 5.74) is 12.5. The molecule has 8 aromatic rings. The van der Waals surface area contributed by atoms with Crippen LogP contribution in [0.4, 0.5) is 17.1 Å². The fraction of sp³-hybridized carbons (Fsp3) is 0.200. The molecule has 2 heteroatoms. The third-order valence-corrected chi connectivity index (χ3v) is 14.8. The molecule has 1 spiro atoms. The highest BCUT2D eigenvalue weighted by Crippen LogP contribution is 2.69. The van der Waals surface area contributed by atoms with E-state index in [-0.39, 0.29) is 5.41 Å². The second-order valence-electron chi connectivity index (χ2n) is 16.1. The maximum Gasteiger partial charge on any atom is 0.0540 e. The second kappa shape index (κ2) is 10.9. The van der Waals surface area contributed by atoms with Gasteiger partial charge in [-0.05, 0) is 143 Å². The van der Waals surface area contributed by atoms with Gasteiger partial charge in [-0.1, -0.05) is 103 Å². The first-order valence-electron chi connectivity index (χ1n) is 19.3. The van der Waals surface area contributed by atoms with Gasteiger partial charge in [-0.3, -0.25) is 0 Å². The molecule has 0 amide bonds. The lowest BCUT2D eigenvalue weighted by molar-refractivity contribution is -0.0399. The van der Waals surface area contributed by atoms with Crippen molar-refractivity contribution in [3.05, 3.63) is 163 Å². The van der Waals surface area contributed by atoms with Gasteiger partial charge in [0.2, 0.25) is 0 Å². The van der Waals surface area contributed by atoms with Crippen LogP contribution in [0, 0.1) is 23.7 Å². The SMILES string of the molecule is c1ccc2c(c1)-c1cc(N(c3ccc(-c4ccc5sc6ccccc6c5c4)cc3)c3cccc4ccccc34)ccc1C21C2CC3CC(C2)CC1C3. The smallest absolute Gasteiger partial charge is 0.0540 e. The van der Waals surface area contributed by atoms with Gasteiger partial charge in [0.15, 0.2) is 0 Å². The van der Waals surface area contributed by atoms with Crippen molar-refractivity contribution in [3.63, 3.8) is 0 Å². The lowest BCUT2D eigenvalue weighted by atomic mass is 9.43. The summed E-state index contributed by atoms with van der Waals surface area (Å²) in [6.45, 7) is 0. The Morgan fingerprint density at radius 1 is 0.462 bits per heavy atom. The Morgan fingerprint density at radius 3 is 1.96 bits per heavy atom. The maximum absolute atomic E-state index is 2.56. The average Bonchev–Trinajstić information content (AvgIpc) is 3.70. The molecule has 13 rings (SSSR count). The van der Waals surface area contributed by atoms with E-state index in [4.69, 9.17) is 0 Å². The summed E-state index contributed by atoms with van der Waals surface area (Å²) in [5, 5.41) is 5.21. The number of anilines is 3. The van der Waals surface area contributed by atoms with Crippen LogP contribution in [0.2, 0.25) is 0 Å². The van der Waals surface area contributed by atoms with E-state index in [2.05, 4.69) is 157 Å². The first-order chi connectivity index (χ1) is 25.7. The van der Waals surface area contributed by atoms with E-state index < -0.39 is 0 Å². The minimum atomic E-state index is 0.179. The van der Waals surface area contributed by atoms with Crippen molar-refractivity contribution < 1.29 is 0 Å². The zero-order valence-corrected chi connectivity index (χ0v) is 30.0. The van der Waals surface area contributed by atoms with Crippen LogP contribution in [0.1, 0.15) is 43.2 Å². The van der Waals surface area contributed by atoms with E-state index in [1.807, 2.05) is 11.3 Å². The monoisotopic (exact) mass is 685 g/mol. The molecule has 1 heterocycles. The van der Waals surface area contributed by atoms with Crippen LogP contribution >= 0.6 is 11.3 Å². The quantitative estimate of drug-likeness (QED) is 0.178. The number of hydrogen-bond acceptors (Lipinski definition) is 2. The van der Waals surface area contributed by atoms with Gasteiger partial charge in [-0.15, -0.1) is 11.3 Å². The predicted octanol–water partition coefficient (Wildman–Crippen LogP) is 14.1. The summed E-state index contributed by atoms with van der Waals surface area (Å²) in [6.07, 6.45) is 7.12. The first-order valence-corrected chi connectivity index (χ1v) is 20.1. The zero-order chi connectivity index (χ0) is 34.0. The molecule has 5 aliphatic carbocycles. The lowest BCUT2D eigenvalue weighted by Crippen LogP contribution is -2.55. The Labute approximate surface area is 309 Å². The first kappa shape index (κ1) is 29.4. The number of thiophene rings is 1. The van der Waals surface area contributed by atoms with Crippen LogP contribution in [-0.4, -0.2) is 0 Å². The van der Waals surface area contributed by atoms with E-state index in [1.54, 1.807) is 11.1 Å². The molecule has 52 heavy (non-hydrogen) atoms. The topological polar surface area (TPSA) is 3.24 Å². The molecule has 4 saturated carbocycles. The van der Waals surface area contributed by atoms with Gasteiger partial charge < -0.3 is 4.90 Å². The molecule has 1 aromatic heterocycles. The standard InChI is InChI=1S/C50H39NS/c1-2-10-40-34(8-1)9-7-14-47(40)51(38-19-16-33(17-20-38)35-18-23-49-44(29-35)42-12-4-6-15-48(42)52-49)39-21-22-46-43(30-39)41-11-3-5-13-45(41)50(46)36-25-31-24-32(27-36)28-37(50)26-31/h1-23,29-32,36-37H,24-28H2. The molecule has 0 unspecified atom stereocenters. The molecule has 0 saturated heterocycles. The van der Waals surface area contributed by atoms with E-state index in [9.17, 15) is 0 Å². The van der Waals surface area contributed by atoms with Crippen molar-refractivity contribution in [2.24, 2.45) is 23.7 Å². The van der Waals surface area contributed by atoms with E-state index >= 15 is 0 Å². The Morgan fingerprint density at radius 2 is 1.12 bits per heavy atom. The van der Waals surface area contributed by atoms with Gasteiger partial charge in [0, 0.05) is 42.3 Å². The molecule has 0 radical (unpaired) electrons. The van der Waals surface area contributed by atoms with Crippen molar-refractivity contribution in [2.75, 3.05) is 4.90 Å². The van der Waals surface area contributed by atoms with Crippen molar-refractivity contribution in [1.82, 2.24) is 0 Å². The normalized spacial score (nSPS) is 23.8. The Balaban J connectivity index is 1.01. The van der Waals surface area contributed by atoms with Gasteiger partial charge >= 0.3 is 0 Å². The molecular weight excluding hydrogens is 647 g/mol. The summed E-state index contributed by atoms with van der Waals surface area (Å²) >= 11 is 1.88. The van der Waals surface area contributed by atoms with Crippen LogP contribution in [0.5, 0.6) is 0 Å². The maximum atomic E-state index is 2.56. The zero-order valence-electron chi connectivity index (χ0n) is 29.1. The number of hydrogen-bond donors (Lipinski definition) is 0. The van der Waals surface area contributed by atoms with Crippen LogP contribution in [0.15, 0.2) is 152 Å². The summed E-state index contributed by atoms with van der Waals surface area (Å²) in [5.74, 6) is 3.43. The number of rotatable bonds is 4. The second-order valence-corrected chi connectivity index (χ2v) is 17.2. The van der Waals surface area contributed by atoms with Crippen molar-refractivity contribution in [1.29, 1.82) is 0 Å². The van der Waals surface area contributed by atoms with Crippen LogP contribution < -0.4 is 4.90 Å². The van der Waals surface area contributed by atoms with Crippen molar-refractivity contribution in [3.8, 4) is 22.3 Å². The van der Waals surface area contributed by atoms with Gasteiger partial charge in [-0.2, -0.15) is 0 Å². The number of benzene rings is 7. The van der Waals surface area contributed by atoms with Crippen molar-refractivity contribution >= 4 is 59.3 Å². The molecule has 0 N–H and O–H groups in total. The minimum absolute atomic E-state index is 0.179. The molecule has 0 aliphatic heterocycles. The van der Waals surface area contributed by atoms with E-state index in [0.29, 0.717) is 0 Å². The molecule has 1 nitrogen and oxygen atoms in total. The molecule has 4 bridgehead atoms. The van der Waals surface area contributed by atoms with E-state index in [0.717, 1.165) is 23.7 Å². The van der Waals surface area contributed by atoms with E-state index in [1.165, 1.54) is 102 Å². The molecule has 5 aliphatic rings. The van der Waals surface area contributed by atoms with Gasteiger partial charge in [0.05, 0.1) is 5.69 Å². The number of nitrogens with zero attached hydrogens (tertiary/aromatic N) is 1. The number of fused-ring (bicyclic) bond motifs is 7. The predicted molar refractivity (Wildman–Crippen MR) is 220 cm³/mol. The Kier molecular flexibility index (Phi) is 6.17. The highest BCUT2D eigenvalue weighted by atomic mass is 32.1. The largest absolute Gasteiger partial charge is 0.310 e. The molecule has 0 atom stereocenters. The lowest BCUT2D eigenvalue weighted by Gasteiger charge is -2.61. The molecule has 4 fully saturated rings. The van der Waals surface area contributed by atoms with Crippen LogP contribution in [0.25, 0.3) is 53.2 Å². The van der Waals surface area contributed by atoms with Crippen LogP contribution in [-0.2, 0) is 5.41 Å². The van der Waals surface area contributed by atoms with Gasteiger partial charge in [0.25, 0.3) is 0 Å². The van der Waals surface area contributed by atoms with Crippen molar-refractivity contribution in [2.45, 2.75) is 37.5 Å². The van der Waals surface area contributed by atoms with Gasteiger partial charge in [0.1, 0.15) is 0 Å².